The minimum atomic E-state index is -0.583. The van der Waals surface area contributed by atoms with Gasteiger partial charge in [-0.2, -0.15) is 0 Å². The first-order valence-electron chi connectivity index (χ1n) is 9.33. The Morgan fingerprint density at radius 3 is 2.43 bits per heavy atom. The monoisotopic (exact) mass is 403 g/mol. The Kier molecular flexibility index (Phi) is 9.34. The van der Waals surface area contributed by atoms with Crippen molar-refractivity contribution in [2.24, 2.45) is 0 Å². The summed E-state index contributed by atoms with van der Waals surface area (Å²) in [4.78, 5) is 25.6. The third-order valence-electron chi connectivity index (χ3n) is 3.98. The van der Waals surface area contributed by atoms with Crippen LogP contribution in [-0.4, -0.2) is 30.3 Å². The Balaban J connectivity index is 1.73. The lowest BCUT2D eigenvalue weighted by molar-refractivity contribution is -0.122. The number of carbonyl (C=O) groups is 2. The highest BCUT2D eigenvalue weighted by Gasteiger charge is 2.19. The van der Waals surface area contributed by atoms with Gasteiger partial charge >= 0.3 is 6.03 Å². The van der Waals surface area contributed by atoms with Gasteiger partial charge in [-0.3, -0.25) is 4.79 Å². The minimum Gasteiger partial charge on any atom is -0.353 e. The van der Waals surface area contributed by atoms with E-state index in [0.29, 0.717) is 13.0 Å². The lowest BCUT2D eigenvalue weighted by Gasteiger charge is -2.18. The number of hydrogen-bond acceptors (Lipinski definition) is 3. The first kappa shape index (κ1) is 21.8. The first-order valence-corrected chi connectivity index (χ1v) is 10.3. The lowest BCUT2D eigenvalue weighted by atomic mass is 10.1. The van der Waals surface area contributed by atoms with Crippen LogP contribution in [0, 0.1) is 5.82 Å². The Morgan fingerprint density at radius 2 is 1.75 bits per heavy atom. The summed E-state index contributed by atoms with van der Waals surface area (Å²) < 4.78 is 12.9. The molecule has 0 saturated carbocycles. The van der Waals surface area contributed by atoms with E-state index < -0.39 is 12.1 Å². The van der Waals surface area contributed by atoms with Crippen molar-refractivity contribution in [3.8, 4) is 0 Å². The van der Waals surface area contributed by atoms with Crippen LogP contribution in [0.4, 0.5) is 9.18 Å². The molecule has 2 rings (SSSR count). The molecule has 0 saturated heterocycles. The van der Waals surface area contributed by atoms with Gasteiger partial charge in [0.25, 0.3) is 0 Å². The van der Waals surface area contributed by atoms with Crippen LogP contribution in [0.5, 0.6) is 0 Å². The fraction of sp³-hybridized carbons (Fsp3) is 0.333. The minimum absolute atomic E-state index is 0.188. The second-order valence-electron chi connectivity index (χ2n) is 6.25. The molecule has 2 aromatic rings. The molecule has 5 nitrogen and oxygen atoms in total. The molecule has 0 aromatic heterocycles. The van der Waals surface area contributed by atoms with E-state index in [1.54, 1.807) is 23.9 Å². The molecule has 0 aliphatic carbocycles. The number of benzene rings is 2. The highest BCUT2D eigenvalue weighted by Crippen LogP contribution is 2.15. The summed E-state index contributed by atoms with van der Waals surface area (Å²) in [6, 6.07) is 14.9. The highest BCUT2D eigenvalue weighted by molar-refractivity contribution is 7.99. The van der Waals surface area contributed by atoms with Gasteiger partial charge in [0.05, 0.1) is 0 Å². The van der Waals surface area contributed by atoms with E-state index in [0.717, 1.165) is 22.6 Å². The van der Waals surface area contributed by atoms with Crippen molar-refractivity contribution >= 4 is 23.7 Å². The summed E-state index contributed by atoms with van der Waals surface area (Å²) in [5, 5.41) is 8.29. The van der Waals surface area contributed by atoms with Gasteiger partial charge in [-0.05, 0) is 36.2 Å². The third kappa shape index (κ3) is 8.00. The number of hydrogen-bond donors (Lipinski definition) is 3. The second kappa shape index (κ2) is 12.0. The maximum Gasteiger partial charge on any atom is 0.315 e. The van der Waals surface area contributed by atoms with E-state index in [1.807, 2.05) is 37.3 Å². The Morgan fingerprint density at radius 1 is 1.04 bits per heavy atom. The van der Waals surface area contributed by atoms with Gasteiger partial charge in [-0.25, -0.2) is 9.18 Å². The molecule has 1 unspecified atom stereocenters. The molecule has 2 aromatic carbocycles. The van der Waals surface area contributed by atoms with Gasteiger partial charge in [0.1, 0.15) is 11.9 Å². The quantitative estimate of drug-likeness (QED) is 0.418. The van der Waals surface area contributed by atoms with Crippen LogP contribution in [-0.2, 0) is 11.3 Å². The molecule has 150 valence electrons. The van der Waals surface area contributed by atoms with E-state index in [9.17, 15) is 14.0 Å². The van der Waals surface area contributed by atoms with Crippen LogP contribution in [0.15, 0.2) is 59.5 Å². The van der Waals surface area contributed by atoms with E-state index in [4.69, 9.17) is 0 Å². The first-order chi connectivity index (χ1) is 13.6. The molecule has 0 aliphatic heterocycles. The molecule has 0 spiro atoms. The SMILES string of the molecule is CCCC(NC(=O)NCc1ccc(F)cc1)C(=O)NCCSc1ccccc1. The van der Waals surface area contributed by atoms with Crippen molar-refractivity contribution in [1.82, 2.24) is 16.0 Å². The van der Waals surface area contributed by atoms with Crippen LogP contribution in [0.1, 0.15) is 25.3 Å². The standard InChI is InChI=1S/C21H26FN3O2S/c1-2-6-19(20(26)23-13-14-28-18-7-4-3-5-8-18)25-21(27)24-15-16-9-11-17(22)12-10-16/h3-5,7-12,19H,2,6,13-15H2,1H3,(H,23,26)(H2,24,25,27). The predicted octanol–water partition coefficient (Wildman–Crippen LogP) is 3.70. The van der Waals surface area contributed by atoms with Crippen molar-refractivity contribution in [3.05, 3.63) is 66.0 Å². The van der Waals surface area contributed by atoms with Crippen molar-refractivity contribution in [3.63, 3.8) is 0 Å². The van der Waals surface area contributed by atoms with Crippen LogP contribution >= 0.6 is 11.8 Å². The van der Waals surface area contributed by atoms with Crippen molar-refractivity contribution in [2.75, 3.05) is 12.3 Å². The molecule has 3 N–H and O–H groups in total. The topological polar surface area (TPSA) is 70.2 Å². The molecule has 0 aliphatic rings. The average molecular weight is 404 g/mol. The van der Waals surface area contributed by atoms with Gasteiger partial charge in [0.15, 0.2) is 0 Å². The fourth-order valence-corrected chi connectivity index (χ4v) is 3.32. The predicted molar refractivity (Wildman–Crippen MR) is 111 cm³/mol. The fourth-order valence-electron chi connectivity index (χ4n) is 2.53. The smallest absolute Gasteiger partial charge is 0.315 e. The molecule has 1 atom stereocenters. The number of rotatable bonds is 10. The molecular weight excluding hydrogens is 377 g/mol. The maximum absolute atomic E-state index is 12.9. The maximum atomic E-state index is 12.9. The van der Waals surface area contributed by atoms with Crippen LogP contribution < -0.4 is 16.0 Å². The molecule has 0 heterocycles. The van der Waals surface area contributed by atoms with Gasteiger partial charge in [-0.1, -0.05) is 43.7 Å². The Bertz CT molecular complexity index is 741. The number of amides is 3. The van der Waals surface area contributed by atoms with Gasteiger partial charge in [0, 0.05) is 23.7 Å². The Labute approximate surface area is 169 Å². The molecule has 3 amide bonds. The highest BCUT2D eigenvalue weighted by atomic mass is 32.2. The molecule has 28 heavy (non-hydrogen) atoms. The second-order valence-corrected chi connectivity index (χ2v) is 7.42. The average Bonchev–Trinajstić information content (AvgIpc) is 2.71. The summed E-state index contributed by atoms with van der Waals surface area (Å²) in [5.74, 6) is 0.247. The van der Waals surface area contributed by atoms with Crippen LogP contribution in [0.2, 0.25) is 0 Å². The van der Waals surface area contributed by atoms with Gasteiger partial charge in [0.2, 0.25) is 5.91 Å². The zero-order chi connectivity index (χ0) is 20.2. The van der Waals surface area contributed by atoms with E-state index in [2.05, 4.69) is 16.0 Å². The summed E-state index contributed by atoms with van der Waals surface area (Å²) in [7, 11) is 0. The van der Waals surface area contributed by atoms with Gasteiger partial charge < -0.3 is 16.0 Å². The van der Waals surface area contributed by atoms with Crippen molar-refractivity contribution in [1.29, 1.82) is 0 Å². The molecule has 0 radical (unpaired) electrons. The summed E-state index contributed by atoms with van der Waals surface area (Å²) in [6.07, 6.45) is 1.33. The van der Waals surface area contributed by atoms with E-state index in [1.165, 1.54) is 12.1 Å². The molecular formula is C21H26FN3O2S. The lowest BCUT2D eigenvalue weighted by Crippen LogP contribution is -2.50. The summed E-state index contributed by atoms with van der Waals surface area (Å²) in [5.41, 5.74) is 0.783. The number of thioether (sulfide) groups is 1. The Hall–Kier alpha value is -2.54. The number of nitrogens with one attached hydrogen (secondary N) is 3. The number of carbonyl (C=O) groups excluding carboxylic acids is 2. The molecule has 7 heteroatoms. The van der Waals surface area contributed by atoms with Gasteiger partial charge in [-0.15, -0.1) is 11.8 Å². The van der Waals surface area contributed by atoms with Crippen molar-refractivity contribution in [2.45, 2.75) is 37.2 Å². The third-order valence-corrected chi connectivity index (χ3v) is 4.99. The largest absolute Gasteiger partial charge is 0.353 e. The van der Waals surface area contributed by atoms with E-state index >= 15 is 0 Å². The normalized spacial score (nSPS) is 11.5. The van der Waals surface area contributed by atoms with E-state index in [-0.39, 0.29) is 18.3 Å². The molecule has 0 bridgehead atoms. The van der Waals surface area contributed by atoms with Crippen molar-refractivity contribution < 1.29 is 14.0 Å². The summed E-state index contributed by atoms with van der Waals surface area (Å²) >= 11 is 1.67. The zero-order valence-corrected chi connectivity index (χ0v) is 16.7. The molecule has 0 fully saturated rings. The number of urea groups is 1. The van der Waals surface area contributed by atoms with Crippen LogP contribution in [0.25, 0.3) is 0 Å². The zero-order valence-electron chi connectivity index (χ0n) is 15.9. The summed E-state index contributed by atoms with van der Waals surface area (Å²) in [6.45, 7) is 2.75. The van der Waals surface area contributed by atoms with Crippen LogP contribution in [0.3, 0.4) is 0 Å². The number of halogens is 1.